The number of nitrogen functional groups attached to an aromatic ring is 1. The van der Waals surface area contributed by atoms with E-state index in [1.807, 2.05) is 39.8 Å². The third-order valence-corrected chi connectivity index (χ3v) is 1.90. The van der Waals surface area contributed by atoms with Gasteiger partial charge in [0.05, 0.1) is 0 Å². The van der Waals surface area contributed by atoms with E-state index in [0.29, 0.717) is 0 Å². The van der Waals surface area contributed by atoms with Crippen molar-refractivity contribution in [2.24, 2.45) is 5.73 Å². The summed E-state index contributed by atoms with van der Waals surface area (Å²) in [6.45, 7) is 7.97. The molecule has 0 aliphatic heterocycles. The zero-order valence-corrected chi connectivity index (χ0v) is 9.72. The van der Waals surface area contributed by atoms with E-state index in [1.54, 1.807) is 6.07 Å². The highest BCUT2D eigenvalue weighted by Gasteiger charge is 2.13. The second-order valence-corrected chi connectivity index (χ2v) is 4.61. The van der Waals surface area contributed by atoms with E-state index in [4.69, 9.17) is 15.9 Å². The lowest BCUT2D eigenvalue weighted by Crippen LogP contribution is -2.23. The first-order chi connectivity index (χ1) is 6.79. The predicted octanol–water partition coefficient (Wildman–Crippen LogP) is 2.46. The Bertz CT molecular complexity index is 378. The number of hydrogen-bond acceptors (Lipinski definition) is 2. The second-order valence-electron chi connectivity index (χ2n) is 4.61. The summed E-state index contributed by atoms with van der Waals surface area (Å²) in [5, 5.41) is 7.32. The fourth-order valence-electron chi connectivity index (χ4n) is 1.26. The molecule has 0 aromatic heterocycles. The van der Waals surface area contributed by atoms with Crippen LogP contribution in [0.5, 0.6) is 5.75 Å². The summed E-state index contributed by atoms with van der Waals surface area (Å²) in [5.41, 5.74) is 6.92. The standard InChI is InChI=1S/C12H18N2O/c1-8-7-9(11(13)14)5-6-10(8)15-12(2,3)4/h5-7H,1-4H3,(H3,13,14). The van der Waals surface area contributed by atoms with Crippen LogP contribution in [0.25, 0.3) is 0 Å². The molecule has 0 spiro atoms. The van der Waals surface area contributed by atoms with E-state index in [9.17, 15) is 0 Å². The van der Waals surface area contributed by atoms with E-state index >= 15 is 0 Å². The zero-order valence-electron chi connectivity index (χ0n) is 9.72. The lowest BCUT2D eigenvalue weighted by molar-refractivity contribution is 0.130. The van der Waals surface area contributed by atoms with E-state index in [1.165, 1.54) is 0 Å². The van der Waals surface area contributed by atoms with Crippen LogP contribution in [0.2, 0.25) is 0 Å². The Morgan fingerprint density at radius 3 is 2.33 bits per heavy atom. The molecule has 0 aliphatic carbocycles. The van der Waals surface area contributed by atoms with Crippen molar-refractivity contribution in [1.29, 1.82) is 5.41 Å². The van der Waals surface area contributed by atoms with Crippen molar-refractivity contribution < 1.29 is 4.74 Å². The quantitative estimate of drug-likeness (QED) is 0.577. The Morgan fingerprint density at radius 2 is 1.93 bits per heavy atom. The Balaban J connectivity index is 2.99. The molecule has 0 fully saturated rings. The molecule has 1 aromatic rings. The van der Waals surface area contributed by atoms with Crippen molar-refractivity contribution >= 4 is 5.84 Å². The molecule has 1 aromatic carbocycles. The van der Waals surface area contributed by atoms with E-state index < -0.39 is 0 Å². The van der Waals surface area contributed by atoms with Crippen molar-refractivity contribution in [2.75, 3.05) is 0 Å². The third kappa shape index (κ3) is 3.27. The van der Waals surface area contributed by atoms with Gasteiger partial charge in [0.15, 0.2) is 0 Å². The molecule has 15 heavy (non-hydrogen) atoms. The molecule has 0 amide bonds. The monoisotopic (exact) mass is 206 g/mol. The molecule has 0 saturated carbocycles. The van der Waals surface area contributed by atoms with Gasteiger partial charge in [0.1, 0.15) is 17.2 Å². The molecule has 3 N–H and O–H groups in total. The molecule has 0 saturated heterocycles. The summed E-state index contributed by atoms with van der Waals surface area (Å²) in [4.78, 5) is 0. The van der Waals surface area contributed by atoms with Crippen LogP contribution in [0.4, 0.5) is 0 Å². The Morgan fingerprint density at radius 1 is 1.33 bits per heavy atom. The van der Waals surface area contributed by atoms with Gasteiger partial charge in [-0.15, -0.1) is 0 Å². The minimum Gasteiger partial charge on any atom is -0.488 e. The zero-order chi connectivity index (χ0) is 11.6. The molecular formula is C12H18N2O. The second kappa shape index (κ2) is 3.93. The van der Waals surface area contributed by atoms with Gasteiger partial charge < -0.3 is 10.5 Å². The minimum absolute atomic E-state index is 0.0837. The van der Waals surface area contributed by atoms with Gasteiger partial charge in [-0.2, -0.15) is 0 Å². The topological polar surface area (TPSA) is 59.1 Å². The fraction of sp³-hybridized carbons (Fsp3) is 0.417. The van der Waals surface area contributed by atoms with Gasteiger partial charge in [0.2, 0.25) is 0 Å². The third-order valence-electron chi connectivity index (χ3n) is 1.90. The molecule has 82 valence electrons. The van der Waals surface area contributed by atoms with Gasteiger partial charge in [0.25, 0.3) is 0 Å². The molecule has 3 nitrogen and oxygen atoms in total. The smallest absolute Gasteiger partial charge is 0.123 e. The predicted molar refractivity (Wildman–Crippen MR) is 62.6 cm³/mol. The van der Waals surface area contributed by atoms with Crippen LogP contribution < -0.4 is 10.5 Å². The normalized spacial score (nSPS) is 11.2. The van der Waals surface area contributed by atoms with Crippen molar-refractivity contribution in [3.63, 3.8) is 0 Å². The average Bonchev–Trinajstić information content (AvgIpc) is 2.05. The van der Waals surface area contributed by atoms with Crippen LogP contribution in [0, 0.1) is 12.3 Å². The van der Waals surface area contributed by atoms with E-state index in [-0.39, 0.29) is 11.4 Å². The number of nitrogens with one attached hydrogen (secondary N) is 1. The molecule has 0 radical (unpaired) electrons. The molecule has 0 bridgehead atoms. The Labute approximate surface area is 90.8 Å². The summed E-state index contributed by atoms with van der Waals surface area (Å²) in [7, 11) is 0. The van der Waals surface area contributed by atoms with Crippen molar-refractivity contribution in [3.05, 3.63) is 29.3 Å². The average molecular weight is 206 g/mol. The molecule has 0 unspecified atom stereocenters. The van der Waals surface area contributed by atoms with Gasteiger partial charge in [0, 0.05) is 5.56 Å². The summed E-state index contributed by atoms with van der Waals surface area (Å²) >= 11 is 0. The minimum atomic E-state index is -0.206. The molecule has 3 heteroatoms. The molecule has 0 heterocycles. The van der Waals surface area contributed by atoms with E-state index in [2.05, 4.69) is 0 Å². The van der Waals surface area contributed by atoms with Crippen LogP contribution in [-0.4, -0.2) is 11.4 Å². The number of rotatable bonds is 2. The summed E-state index contributed by atoms with van der Waals surface area (Å²) in [6.07, 6.45) is 0. The fourth-order valence-corrected chi connectivity index (χ4v) is 1.26. The maximum absolute atomic E-state index is 7.32. The first-order valence-electron chi connectivity index (χ1n) is 4.93. The highest BCUT2D eigenvalue weighted by atomic mass is 16.5. The van der Waals surface area contributed by atoms with Crippen LogP contribution in [0.1, 0.15) is 31.9 Å². The Hall–Kier alpha value is -1.51. The maximum Gasteiger partial charge on any atom is 0.123 e. The summed E-state index contributed by atoms with van der Waals surface area (Å²) in [5.74, 6) is 0.924. The van der Waals surface area contributed by atoms with Gasteiger partial charge in [-0.05, 0) is 51.5 Å². The van der Waals surface area contributed by atoms with Crippen LogP contribution in [-0.2, 0) is 0 Å². The number of hydrogen-bond donors (Lipinski definition) is 2. The summed E-state index contributed by atoms with van der Waals surface area (Å²) < 4.78 is 5.76. The SMILES string of the molecule is Cc1cc(C(=N)N)ccc1OC(C)(C)C. The van der Waals surface area contributed by atoms with E-state index in [0.717, 1.165) is 16.9 Å². The lowest BCUT2D eigenvalue weighted by Gasteiger charge is -2.22. The number of aryl methyl sites for hydroxylation is 1. The maximum atomic E-state index is 7.32. The lowest BCUT2D eigenvalue weighted by atomic mass is 10.1. The molecule has 0 aliphatic rings. The number of ether oxygens (including phenoxy) is 1. The Kier molecular flexibility index (Phi) is 3.03. The van der Waals surface area contributed by atoms with Crippen molar-refractivity contribution in [1.82, 2.24) is 0 Å². The number of amidine groups is 1. The number of benzene rings is 1. The van der Waals surface area contributed by atoms with Crippen molar-refractivity contribution in [3.8, 4) is 5.75 Å². The van der Waals surface area contributed by atoms with Crippen LogP contribution in [0.15, 0.2) is 18.2 Å². The first-order valence-corrected chi connectivity index (χ1v) is 4.93. The molecule has 0 atom stereocenters. The van der Waals surface area contributed by atoms with Crippen molar-refractivity contribution in [2.45, 2.75) is 33.3 Å². The first kappa shape index (κ1) is 11.6. The summed E-state index contributed by atoms with van der Waals surface area (Å²) in [6, 6.07) is 5.52. The number of nitrogens with two attached hydrogens (primary N) is 1. The van der Waals surface area contributed by atoms with Gasteiger partial charge >= 0.3 is 0 Å². The largest absolute Gasteiger partial charge is 0.488 e. The molecular weight excluding hydrogens is 188 g/mol. The molecule has 1 rings (SSSR count). The highest BCUT2D eigenvalue weighted by molar-refractivity contribution is 5.95. The van der Waals surface area contributed by atoms with Gasteiger partial charge in [-0.3, -0.25) is 5.41 Å². The van der Waals surface area contributed by atoms with Gasteiger partial charge in [-0.25, -0.2) is 0 Å². The van der Waals surface area contributed by atoms with Crippen LogP contribution >= 0.6 is 0 Å². The van der Waals surface area contributed by atoms with Crippen LogP contribution in [0.3, 0.4) is 0 Å². The highest BCUT2D eigenvalue weighted by Crippen LogP contribution is 2.23. The van der Waals surface area contributed by atoms with Gasteiger partial charge in [-0.1, -0.05) is 0 Å².